The maximum absolute atomic E-state index is 14.7. The Bertz CT molecular complexity index is 1510. The second-order valence-electron chi connectivity index (χ2n) is 8.45. The molecule has 6 nitrogen and oxygen atoms in total. The van der Waals surface area contributed by atoms with E-state index in [4.69, 9.17) is 4.98 Å². The summed E-state index contributed by atoms with van der Waals surface area (Å²) in [5, 5.41) is 10.4. The number of ketones is 1. The van der Waals surface area contributed by atoms with Gasteiger partial charge in [0.05, 0.1) is 35.8 Å². The van der Waals surface area contributed by atoms with Gasteiger partial charge in [0, 0.05) is 23.6 Å². The van der Waals surface area contributed by atoms with E-state index in [1.807, 2.05) is 34.9 Å². The zero-order valence-corrected chi connectivity index (χ0v) is 18.6. The molecule has 34 heavy (non-hydrogen) atoms. The van der Waals surface area contributed by atoms with E-state index in [0.29, 0.717) is 29.9 Å². The molecule has 170 valence electrons. The molecule has 0 amide bonds. The Kier molecular flexibility index (Phi) is 5.86. The number of fused-ring (bicyclic) bond motifs is 2. The molecule has 3 heterocycles. The maximum atomic E-state index is 14.7. The highest BCUT2D eigenvalue weighted by molar-refractivity contribution is 5.96. The first-order chi connectivity index (χ1) is 16.5. The van der Waals surface area contributed by atoms with Gasteiger partial charge in [-0.25, -0.2) is 14.4 Å². The third-order valence-electron chi connectivity index (χ3n) is 5.84. The first kappa shape index (κ1) is 21.9. The van der Waals surface area contributed by atoms with Crippen molar-refractivity contribution in [2.24, 2.45) is 0 Å². The predicted octanol–water partition coefficient (Wildman–Crippen LogP) is 5.18. The number of aliphatic hydroxyl groups excluding tert-OH is 1. The number of rotatable bonds is 7. The molecule has 1 N–H and O–H groups in total. The molecule has 3 aromatic heterocycles. The number of Topliss-reactive ketones (excluding diaryl/α,β-unsaturated/α-hetero) is 1. The van der Waals surface area contributed by atoms with Gasteiger partial charge in [0.2, 0.25) is 0 Å². The van der Waals surface area contributed by atoms with Crippen molar-refractivity contribution in [1.29, 1.82) is 0 Å². The maximum Gasteiger partial charge on any atom is 0.165 e. The standard InChI is InChI=1S/C27H23FN4O2/c1-17(33)4-11-26(34)21-7-6-20(14-22(21)28)24-9-10-25-27(31-24)32(16-30-25)15-18-5-8-23-19(13-18)3-2-12-29-23/h2-3,5-10,12-14,16-17,33H,4,11,15H2,1H3/t17-/m0/s1. The molecule has 1 atom stereocenters. The fourth-order valence-corrected chi connectivity index (χ4v) is 4.01. The molecule has 0 saturated carbocycles. The van der Waals surface area contributed by atoms with Crippen molar-refractivity contribution in [1.82, 2.24) is 19.5 Å². The second-order valence-corrected chi connectivity index (χ2v) is 8.45. The Morgan fingerprint density at radius 2 is 1.91 bits per heavy atom. The summed E-state index contributed by atoms with van der Waals surface area (Å²) in [6.07, 6.45) is 3.33. The molecule has 0 fully saturated rings. The quantitative estimate of drug-likeness (QED) is 0.343. The van der Waals surface area contributed by atoms with Crippen LogP contribution in [0.25, 0.3) is 33.3 Å². The Labute approximate surface area is 195 Å². The zero-order chi connectivity index (χ0) is 23.7. The number of hydrogen-bond acceptors (Lipinski definition) is 5. The predicted molar refractivity (Wildman–Crippen MR) is 129 cm³/mol. The zero-order valence-electron chi connectivity index (χ0n) is 18.6. The molecule has 0 aliphatic carbocycles. The van der Waals surface area contributed by atoms with Gasteiger partial charge in [-0.2, -0.15) is 0 Å². The first-order valence-electron chi connectivity index (χ1n) is 11.1. The van der Waals surface area contributed by atoms with Crippen molar-refractivity contribution in [3.05, 3.63) is 90.1 Å². The molecular weight excluding hydrogens is 431 g/mol. The summed E-state index contributed by atoms with van der Waals surface area (Å²) in [5.74, 6) is -0.912. The number of benzene rings is 2. The second kappa shape index (κ2) is 9.11. The van der Waals surface area contributed by atoms with Gasteiger partial charge in [-0.15, -0.1) is 0 Å². The summed E-state index contributed by atoms with van der Waals surface area (Å²) in [7, 11) is 0. The van der Waals surface area contributed by atoms with Crippen molar-refractivity contribution >= 4 is 27.9 Å². The highest BCUT2D eigenvalue weighted by Crippen LogP contribution is 2.24. The largest absolute Gasteiger partial charge is 0.393 e. The topological polar surface area (TPSA) is 80.9 Å². The molecule has 0 radical (unpaired) electrons. The average molecular weight is 455 g/mol. The van der Waals surface area contributed by atoms with Gasteiger partial charge in [-0.1, -0.05) is 18.2 Å². The third kappa shape index (κ3) is 4.43. The molecule has 2 aromatic carbocycles. The Morgan fingerprint density at radius 1 is 1.06 bits per heavy atom. The van der Waals surface area contributed by atoms with Crippen LogP contribution in [0.2, 0.25) is 0 Å². The summed E-state index contributed by atoms with van der Waals surface area (Å²) in [5.41, 5.74) is 4.68. The number of aromatic nitrogens is 4. The molecule has 0 unspecified atom stereocenters. The van der Waals surface area contributed by atoms with Gasteiger partial charge in [0.15, 0.2) is 11.4 Å². The lowest BCUT2D eigenvalue weighted by molar-refractivity contribution is 0.0945. The smallest absolute Gasteiger partial charge is 0.165 e. The molecule has 0 spiro atoms. The molecule has 0 aliphatic heterocycles. The number of aliphatic hydroxyl groups is 1. The van der Waals surface area contributed by atoms with Crippen LogP contribution in [0, 0.1) is 5.82 Å². The van der Waals surface area contributed by atoms with E-state index < -0.39 is 11.9 Å². The van der Waals surface area contributed by atoms with Gasteiger partial charge in [-0.05, 0) is 61.4 Å². The summed E-state index contributed by atoms with van der Waals surface area (Å²) in [4.78, 5) is 25.8. The SMILES string of the molecule is C[C@H](O)CCC(=O)c1ccc(-c2ccc3ncn(Cc4ccc5ncccc5c4)c3n2)cc1F. The summed E-state index contributed by atoms with van der Waals surface area (Å²) in [6, 6.07) is 18.2. The minimum absolute atomic E-state index is 0.0290. The average Bonchev–Trinajstić information content (AvgIpc) is 3.24. The Balaban J connectivity index is 1.43. The van der Waals surface area contributed by atoms with Gasteiger partial charge in [-0.3, -0.25) is 9.78 Å². The highest BCUT2D eigenvalue weighted by Gasteiger charge is 2.15. The fourth-order valence-electron chi connectivity index (χ4n) is 4.01. The number of imidazole rings is 1. The van der Waals surface area contributed by atoms with Crippen LogP contribution in [-0.4, -0.2) is 36.5 Å². The van der Waals surface area contributed by atoms with Crippen LogP contribution in [0.5, 0.6) is 0 Å². The molecule has 0 aliphatic rings. The lowest BCUT2D eigenvalue weighted by Gasteiger charge is -2.08. The summed E-state index contributed by atoms with van der Waals surface area (Å²) >= 11 is 0. The van der Waals surface area contributed by atoms with E-state index >= 15 is 0 Å². The van der Waals surface area contributed by atoms with E-state index in [0.717, 1.165) is 22.0 Å². The third-order valence-corrected chi connectivity index (χ3v) is 5.84. The van der Waals surface area contributed by atoms with Crippen molar-refractivity contribution < 1.29 is 14.3 Å². The van der Waals surface area contributed by atoms with Crippen LogP contribution < -0.4 is 0 Å². The minimum atomic E-state index is -0.599. The monoisotopic (exact) mass is 454 g/mol. The highest BCUT2D eigenvalue weighted by atomic mass is 19.1. The van der Waals surface area contributed by atoms with Gasteiger partial charge >= 0.3 is 0 Å². The minimum Gasteiger partial charge on any atom is -0.393 e. The number of carbonyl (C=O) groups excluding carboxylic acids is 1. The van der Waals surface area contributed by atoms with Crippen LogP contribution in [-0.2, 0) is 6.54 Å². The summed E-state index contributed by atoms with van der Waals surface area (Å²) in [6.45, 7) is 2.19. The first-order valence-corrected chi connectivity index (χ1v) is 11.1. The van der Waals surface area contributed by atoms with E-state index in [-0.39, 0.29) is 17.8 Å². The molecule has 5 aromatic rings. The van der Waals surface area contributed by atoms with Crippen molar-refractivity contribution in [3.63, 3.8) is 0 Å². The van der Waals surface area contributed by atoms with Crippen LogP contribution >= 0.6 is 0 Å². The number of pyridine rings is 2. The van der Waals surface area contributed by atoms with E-state index in [1.54, 1.807) is 31.6 Å². The number of halogens is 1. The van der Waals surface area contributed by atoms with E-state index in [9.17, 15) is 14.3 Å². The van der Waals surface area contributed by atoms with Crippen molar-refractivity contribution in [3.8, 4) is 11.3 Å². The van der Waals surface area contributed by atoms with Crippen LogP contribution in [0.1, 0.15) is 35.7 Å². The Hall–Kier alpha value is -3.97. The fraction of sp³-hybridized carbons (Fsp3) is 0.185. The molecule has 5 rings (SSSR count). The molecular formula is C27H23FN4O2. The van der Waals surface area contributed by atoms with Gasteiger partial charge in [0.1, 0.15) is 11.3 Å². The van der Waals surface area contributed by atoms with Gasteiger partial charge in [0.25, 0.3) is 0 Å². The summed E-state index contributed by atoms with van der Waals surface area (Å²) < 4.78 is 16.7. The molecule has 7 heteroatoms. The normalized spacial score (nSPS) is 12.3. The van der Waals surface area contributed by atoms with Crippen LogP contribution in [0.3, 0.4) is 0 Å². The number of carbonyl (C=O) groups is 1. The Morgan fingerprint density at radius 3 is 2.74 bits per heavy atom. The van der Waals surface area contributed by atoms with Crippen molar-refractivity contribution in [2.45, 2.75) is 32.4 Å². The van der Waals surface area contributed by atoms with Crippen LogP contribution in [0.15, 0.2) is 73.2 Å². The molecule has 0 bridgehead atoms. The van der Waals surface area contributed by atoms with E-state index in [2.05, 4.69) is 16.0 Å². The van der Waals surface area contributed by atoms with Crippen molar-refractivity contribution in [2.75, 3.05) is 0 Å². The van der Waals surface area contributed by atoms with Gasteiger partial charge < -0.3 is 9.67 Å². The van der Waals surface area contributed by atoms with Crippen LogP contribution in [0.4, 0.5) is 4.39 Å². The lowest BCUT2D eigenvalue weighted by atomic mass is 10.0. The molecule has 0 saturated heterocycles. The lowest BCUT2D eigenvalue weighted by Crippen LogP contribution is -2.07. The number of hydrogen-bond donors (Lipinski definition) is 1. The van der Waals surface area contributed by atoms with E-state index in [1.165, 1.54) is 12.1 Å². The number of nitrogens with zero attached hydrogens (tertiary/aromatic N) is 4.